The van der Waals surface area contributed by atoms with E-state index < -0.39 is 6.29 Å². The molecule has 3 aromatic carbocycles. The molecule has 0 amide bonds. The van der Waals surface area contributed by atoms with Crippen LogP contribution in [0.1, 0.15) is 41.6 Å². The first-order valence-corrected chi connectivity index (χ1v) is 12.9. The number of rotatable bonds is 8. The summed E-state index contributed by atoms with van der Waals surface area (Å²) in [5.74, 6) is 0.721. The van der Waals surface area contributed by atoms with Crippen molar-refractivity contribution in [2.45, 2.75) is 43.7 Å². The molecule has 0 bridgehead atoms. The monoisotopic (exact) mass is 503 g/mol. The van der Waals surface area contributed by atoms with Gasteiger partial charge in [0.25, 0.3) is 0 Å². The molecule has 8 nitrogen and oxygen atoms in total. The van der Waals surface area contributed by atoms with Crippen molar-refractivity contribution in [3.05, 3.63) is 101 Å². The molecular formula is C27H29N5O3S. The van der Waals surface area contributed by atoms with E-state index in [1.54, 1.807) is 16.4 Å². The van der Waals surface area contributed by atoms with Crippen LogP contribution >= 0.6 is 11.8 Å². The van der Waals surface area contributed by atoms with Gasteiger partial charge in [0.2, 0.25) is 5.16 Å². The van der Waals surface area contributed by atoms with E-state index in [0.717, 1.165) is 27.9 Å². The average Bonchev–Trinajstić information content (AvgIpc) is 3.42. The number of tetrazole rings is 1. The SMILES string of the molecule is C[C@H]1[C@@H](CSc2nnnn2-c2ccccc2)O[C@@H](c2ccc(CN)cc2)O[C@H]1c1ccc(CO)cc1. The summed E-state index contributed by atoms with van der Waals surface area (Å²) in [4.78, 5) is 0. The first-order valence-electron chi connectivity index (χ1n) is 11.9. The molecule has 0 radical (unpaired) electrons. The van der Waals surface area contributed by atoms with E-state index in [9.17, 15) is 5.11 Å². The molecule has 36 heavy (non-hydrogen) atoms. The van der Waals surface area contributed by atoms with Crippen LogP contribution < -0.4 is 5.73 Å². The number of hydrogen-bond acceptors (Lipinski definition) is 8. The second kappa shape index (κ2) is 11.3. The molecule has 1 aliphatic rings. The second-order valence-corrected chi connectivity index (χ2v) is 9.77. The van der Waals surface area contributed by atoms with Gasteiger partial charge in [-0.2, -0.15) is 4.68 Å². The summed E-state index contributed by atoms with van der Waals surface area (Å²) in [6.45, 7) is 2.64. The normalized spacial score (nSPS) is 22.0. The van der Waals surface area contributed by atoms with Gasteiger partial charge in [-0.25, -0.2) is 0 Å². The minimum absolute atomic E-state index is 0.00990. The molecule has 0 aliphatic carbocycles. The van der Waals surface area contributed by atoms with Crippen LogP contribution in [0.5, 0.6) is 0 Å². The Bertz CT molecular complexity index is 1250. The highest BCUT2D eigenvalue weighted by molar-refractivity contribution is 7.99. The lowest BCUT2D eigenvalue weighted by Gasteiger charge is -2.41. The number of ether oxygens (including phenoxy) is 2. The van der Waals surface area contributed by atoms with Crippen LogP contribution in [0, 0.1) is 5.92 Å². The number of aromatic nitrogens is 4. The fourth-order valence-corrected chi connectivity index (χ4v) is 5.33. The van der Waals surface area contributed by atoms with Crippen molar-refractivity contribution < 1.29 is 14.6 Å². The highest BCUT2D eigenvalue weighted by Gasteiger charge is 2.38. The van der Waals surface area contributed by atoms with Crippen molar-refractivity contribution >= 4 is 11.8 Å². The fourth-order valence-electron chi connectivity index (χ4n) is 4.28. The zero-order valence-electron chi connectivity index (χ0n) is 20.0. The molecule has 1 fully saturated rings. The number of nitrogens with two attached hydrogens (primary N) is 1. The Morgan fingerprint density at radius 2 is 1.61 bits per heavy atom. The molecule has 0 saturated carbocycles. The Labute approximate surface area is 214 Å². The zero-order valence-corrected chi connectivity index (χ0v) is 20.8. The van der Waals surface area contributed by atoms with E-state index in [2.05, 4.69) is 22.4 Å². The molecule has 1 aromatic heterocycles. The van der Waals surface area contributed by atoms with E-state index in [4.69, 9.17) is 15.2 Å². The van der Waals surface area contributed by atoms with Crippen molar-refractivity contribution in [2.24, 2.45) is 11.7 Å². The second-order valence-electron chi connectivity index (χ2n) is 8.79. The van der Waals surface area contributed by atoms with Crippen LogP contribution in [0.15, 0.2) is 84.0 Å². The van der Waals surface area contributed by atoms with Crippen LogP contribution in [0.4, 0.5) is 0 Å². The third kappa shape index (κ3) is 5.35. The molecule has 4 atom stereocenters. The summed E-state index contributed by atoms with van der Waals surface area (Å²) in [5.41, 5.74) is 10.6. The number of aliphatic hydroxyl groups is 1. The molecule has 1 saturated heterocycles. The number of aliphatic hydroxyl groups excluding tert-OH is 1. The first-order chi connectivity index (χ1) is 17.7. The fraction of sp³-hybridized carbons (Fsp3) is 0.296. The molecule has 186 valence electrons. The van der Waals surface area contributed by atoms with Gasteiger partial charge in [0, 0.05) is 23.8 Å². The van der Waals surface area contributed by atoms with Crippen molar-refractivity contribution in [3.63, 3.8) is 0 Å². The number of para-hydroxylation sites is 1. The first kappa shape index (κ1) is 24.6. The maximum Gasteiger partial charge on any atom is 0.214 e. The van der Waals surface area contributed by atoms with E-state index in [0.29, 0.717) is 17.5 Å². The molecule has 4 aromatic rings. The molecule has 0 unspecified atom stereocenters. The molecule has 1 aliphatic heterocycles. The molecular weight excluding hydrogens is 474 g/mol. The third-order valence-electron chi connectivity index (χ3n) is 6.43. The van der Waals surface area contributed by atoms with E-state index in [1.165, 1.54) is 0 Å². The summed E-state index contributed by atoms with van der Waals surface area (Å²) in [6.07, 6.45) is -0.820. The van der Waals surface area contributed by atoms with Gasteiger partial charge in [0.05, 0.1) is 24.5 Å². The average molecular weight is 504 g/mol. The maximum absolute atomic E-state index is 9.45. The number of benzene rings is 3. The lowest BCUT2D eigenvalue weighted by atomic mass is 9.91. The smallest absolute Gasteiger partial charge is 0.214 e. The van der Waals surface area contributed by atoms with E-state index >= 15 is 0 Å². The van der Waals surface area contributed by atoms with Crippen molar-refractivity contribution in [2.75, 3.05) is 5.75 Å². The Hall–Kier alpha value is -3.08. The molecule has 9 heteroatoms. The largest absolute Gasteiger partial charge is 0.392 e. The van der Waals surface area contributed by atoms with Crippen LogP contribution in [0.3, 0.4) is 0 Å². The Balaban J connectivity index is 1.39. The lowest BCUT2D eigenvalue weighted by molar-refractivity contribution is -0.268. The van der Waals surface area contributed by atoms with Gasteiger partial charge in [-0.3, -0.25) is 0 Å². The lowest BCUT2D eigenvalue weighted by Crippen LogP contribution is -2.38. The summed E-state index contributed by atoms with van der Waals surface area (Å²) >= 11 is 1.56. The highest BCUT2D eigenvalue weighted by Crippen LogP contribution is 2.43. The predicted octanol–water partition coefficient (Wildman–Crippen LogP) is 4.20. The molecule has 0 spiro atoms. The summed E-state index contributed by atoms with van der Waals surface area (Å²) in [5, 5.41) is 22.4. The minimum atomic E-state index is -0.522. The number of nitrogens with zero attached hydrogens (tertiary/aromatic N) is 4. The van der Waals surface area contributed by atoms with Gasteiger partial charge in [-0.1, -0.05) is 85.4 Å². The van der Waals surface area contributed by atoms with Gasteiger partial charge >= 0.3 is 0 Å². The van der Waals surface area contributed by atoms with Gasteiger partial charge in [-0.05, 0) is 39.2 Å². The Morgan fingerprint density at radius 1 is 0.917 bits per heavy atom. The van der Waals surface area contributed by atoms with Crippen LogP contribution in [0.2, 0.25) is 0 Å². The summed E-state index contributed by atoms with van der Waals surface area (Å²) < 4.78 is 14.8. The standard InChI is InChI=1S/C27H29N5O3S/c1-18-24(17-36-27-29-30-31-32(27)23-5-3-2-4-6-23)34-26(22-13-7-19(15-28)8-14-22)35-25(18)21-11-9-20(16-33)10-12-21/h2-14,18,24-26,33H,15-17,28H2,1H3/t18-,24+,25+,26+/m0/s1. The van der Waals surface area contributed by atoms with Crippen LogP contribution in [-0.4, -0.2) is 37.2 Å². The third-order valence-corrected chi connectivity index (χ3v) is 7.44. The summed E-state index contributed by atoms with van der Waals surface area (Å²) in [6, 6.07) is 25.8. The minimum Gasteiger partial charge on any atom is -0.392 e. The topological polar surface area (TPSA) is 108 Å². The van der Waals surface area contributed by atoms with Crippen molar-refractivity contribution in [1.82, 2.24) is 20.2 Å². The van der Waals surface area contributed by atoms with Crippen molar-refractivity contribution in [3.8, 4) is 5.69 Å². The van der Waals surface area contributed by atoms with Gasteiger partial charge < -0.3 is 20.3 Å². The Kier molecular flexibility index (Phi) is 7.74. The highest BCUT2D eigenvalue weighted by atomic mass is 32.2. The number of hydrogen-bond donors (Lipinski definition) is 2. The van der Waals surface area contributed by atoms with Crippen molar-refractivity contribution in [1.29, 1.82) is 0 Å². The van der Waals surface area contributed by atoms with E-state index in [-0.39, 0.29) is 24.7 Å². The van der Waals surface area contributed by atoms with Crippen LogP contribution in [0.25, 0.3) is 5.69 Å². The number of thioether (sulfide) groups is 1. The van der Waals surface area contributed by atoms with Crippen LogP contribution in [-0.2, 0) is 22.6 Å². The molecule has 3 N–H and O–H groups in total. The predicted molar refractivity (Wildman–Crippen MR) is 137 cm³/mol. The molecule has 5 rings (SSSR count). The van der Waals surface area contributed by atoms with Gasteiger partial charge in [0.15, 0.2) is 6.29 Å². The molecule has 2 heterocycles. The van der Waals surface area contributed by atoms with Gasteiger partial charge in [0.1, 0.15) is 0 Å². The zero-order chi connectivity index (χ0) is 24.9. The van der Waals surface area contributed by atoms with Gasteiger partial charge in [-0.15, -0.1) is 5.10 Å². The maximum atomic E-state index is 9.45. The Morgan fingerprint density at radius 3 is 2.31 bits per heavy atom. The van der Waals surface area contributed by atoms with E-state index in [1.807, 2.05) is 78.9 Å². The quantitative estimate of drug-likeness (QED) is 0.345. The summed E-state index contributed by atoms with van der Waals surface area (Å²) in [7, 11) is 0.